The fourth-order valence-electron chi connectivity index (χ4n) is 3.73. The van der Waals surface area contributed by atoms with Gasteiger partial charge in [-0.05, 0) is 68.0 Å². The minimum atomic E-state index is -0.322. The molecule has 1 aromatic heterocycles. The summed E-state index contributed by atoms with van der Waals surface area (Å²) in [5.74, 6) is 0.121. The summed E-state index contributed by atoms with van der Waals surface area (Å²) in [7, 11) is 1.68. The van der Waals surface area contributed by atoms with Crippen LogP contribution in [0.1, 0.15) is 59.6 Å². The molecular formula is C26H32N4O2. The van der Waals surface area contributed by atoms with Gasteiger partial charge in [0.25, 0.3) is 11.8 Å². The molecular weight excluding hydrogens is 400 g/mol. The number of carbonyl (C=O) groups is 2. The highest BCUT2D eigenvalue weighted by Crippen LogP contribution is 2.21. The van der Waals surface area contributed by atoms with Gasteiger partial charge in [0, 0.05) is 43.1 Å². The molecule has 0 radical (unpaired) electrons. The molecule has 3 rings (SSSR count). The average molecular weight is 433 g/mol. The van der Waals surface area contributed by atoms with Crippen LogP contribution < -0.4 is 5.32 Å². The quantitative estimate of drug-likeness (QED) is 0.501. The number of nitrogens with one attached hydrogen (secondary N) is 1. The molecule has 0 saturated heterocycles. The molecule has 1 heterocycles. The van der Waals surface area contributed by atoms with Gasteiger partial charge in [-0.1, -0.05) is 26.0 Å². The SMILES string of the molecule is Cc1cc(/C=C(\C#N)C(=O)N(C)Cc2ccc(C(=O)NC3CC3)cc2)c(C)n1CC(C)C. The molecule has 168 valence electrons. The Balaban J connectivity index is 1.70. The first kappa shape index (κ1) is 23.3. The number of nitrogens with zero attached hydrogens (tertiary/aromatic N) is 3. The van der Waals surface area contributed by atoms with E-state index in [2.05, 4.69) is 29.8 Å². The van der Waals surface area contributed by atoms with Crippen LogP contribution in [0.25, 0.3) is 6.08 Å². The van der Waals surface area contributed by atoms with Crippen molar-refractivity contribution in [1.29, 1.82) is 5.26 Å². The van der Waals surface area contributed by atoms with Crippen molar-refractivity contribution >= 4 is 17.9 Å². The van der Waals surface area contributed by atoms with Gasteiger partial charge < -0.3 is 14.8 Å². The summed E-state index contributed by atoms with van der Waals surface area (Å²) < 4.78 is 2.22. The summed E-state index contributed by atoms with van der Waals surface area (Å²) in [5.41, 5.74) is 4.69. The molecule has 1 saturated carbocycles. The van der Waals surface area contributed by atoms with Crippen LogP contribution in [0.2, 0.25) is 0 Å². The summed E-state index contributed by atoms with van der Waals surface area (Å²) in [6.45, 7) is 9.65. The van der Waals surface area contributed by atoms with Gasteiger partial charge in [0.1, 0.15) is 11.6 Å². The third kappa shape index (κ3) is 5.67. The van der Waals surface area contributed by atoms with Crippen molar-refractivity contribution in [2.45, 2.75) is 59.7 Å². The molecule has 6 nitrogen and oxygen atoms in total. The van der Waals surface area contributed by atoms with Crippen molar-refractivity contribution in [3.63, 3.8) is 0 Å². The Morgan fingerprint density at radius 2 is 1.91 bits per heavy atom. The molecule has 1 aliphatic carbocycles. The monoisotopic (exact) mass is 432 g/mol. The van der Waals surface area contributed by atoms with Crippen molar-refractivity contribution in [3.8, 4) is 6.07 Å². The van der Waals surface area contributed by atoms with Crippen molar-refractivity contribution in [2.24, 2.45) is 5.92 Å². The number of rotatable bonds is 8. The van der Waals surface area contributed by atoms with Crippen molar-refractivity contribution in [3.05, 3.63) is 64.0 Å². The number of hydrogen-bond acceptors (Lipinski definition) is 3. The smallest absolute Gasteiger partial charge is 0.264 e. The first-order chi connectivity index (χ1) is 15.2. The van der Waals surface area contributed by atoms with E-state index in [4.69, 9.17) is 0 Å². The molecule has 0 spiro atoms. The van der Waals surface area contributed by atoms with Crippen molar-refractivity contribution in [2.75, 3.05) is 7.05 Å². The molecule has 6 heteroatoms. The molecule has 32 heavy (non-hydrogen) atoms. The zero-order valence-corrected chi connectivity index (χ0v) is 19.6. The van der Waals surface area contributed by atoms with Crippen LogP contribution in [0.4, 0.5) is 0 Å². The fourth-order valence-corrected chi connectivity index (χ4v) is 3.73. The van der Waals surface area contributed by atoms with Gasteiger partial charge in [0.2, 0.25) is 0 Å². The van der Waals surface area contributed by atoms with Crippen LogP contribution in [-0.4, -0.2) is 34.4 Å². The topological polar surface area (TPSA) is 78.1 Å². The molecule has 1 fully saturated rings. The van der Waals surface area contributed by atoms with Crippen molar-refractivity contribution < 1.29 is 9.59 Å². The highest BCUT2D eigenvalue weighted by Gasteiger charge is 2.23. The number of carbonyl (C=O) groups excluding carboxylic acids is 2. The molecule has 1 N–H and O–H groups in total. The molecule has 0 unspecified atom stereocenters. The summed E-state index contributed by atoms with van der Waals surface area (Å²) in [5, 5.41) is 12.6. The third-order valence-electron chi connectivity index (χ3n) is 5.71. The number of aryl methyl sites for hydroxylation is 1. The van der Waals surface area contributed by atoms with Gasteiger partial charge in [-0.3, -0.25) is 9.59 Å². The second kappa shape index (κ2) is 9.86. The second-order valence-corrected chi connectivity index (χ2v) is 9.11. The number of amides is 2. The van der Waals surface area contributed by atoms with Gasteiger partial charge in [0.15, 0.2) is 0 Å². The van der Waals surface area contributed by atoms with E-state index < -0.39 is 0 Å². The minimum Gasteiger partial charge on any atom is -0.349 e. The number of aromatic nitrogens is 1. The Morgan fingerprint density at radius 1 is 1.25 bits per heavy atom. The molecule has 0 atom stereocenters. The van der Waals surface area contributed by atoms with E-state index >= 15 is 0 Å². The van der Waals surface area contributed by atoms with E-state index in [1.165, 1.54) is 4.90 Å². The standard InChI is InChI=1S/C26H32N4O2/c1-17(2)15-30-18(3)12-22(19(30)4)13-23(14-27)26(32)29(5)16-20-6-8-21(9-7-20)25(31)28-24-10-11-24/h6-9,12-13,17,24H,10-11,15-16H2,1-5H3,(H,28,31)/b23-13+. The lowest BCUT2D eigenvalue weighted by Gasteiger charge is -2.17. The Labute approximate surface area is 190 Å². The summed E-state index contributed by atoms with van der Waals surface area (Å²) in [6.07, 6.45) is 3.78. The highest BCUT2D eigenvalue weighted by atomic mass is 16.2. The van der Waals surface area contributed by atoms with E-state index in [1.54, 1.807) is 25.3 Å². The molecule has 0 bridgehead atoms. The fraction of sp³-hybridized carbons (Fsp3) is 0.423. The van der Waals surface area contributed by atoms with Gasteiger partial charge in [-0.2, -0.15) is 5.26 Å². The normalized spacial score (nSPS) is 13.7. The number of benzene rings is 1. The lowest BCUT2D eigenvalue weighted by molar-refractivity contribution is -0.125. The Morgan fingerprint density at radius 3 is 2.47 bits per heavy atom. The largest absolute Gasteiger partial charge is 0.349 e. The highest BCUT2D eigenvalue weighted by molar-refractivity contribution is 6.01. The first-order valence-electron chi connectivity index (χ1n) is 11.1. The molecule has 0 aliphatic heterocycles. The Bertz CT molecular complexity index is 1070. The molecule has 2 amide bonds. The lowest BCUT2D eigenvalue weighted by atomic mass is 10.1. The van der Waals surface area contributed by atoms with Gasteiger partial charge >= 0.3 is 0 Å². The number of hydrogen-bond donors (Lipinski definition) is 1. The molecule has 1 aromatic carbocycles. The lowest BCUT2D eigenvalue weighted by Crippen LogP contribution is -2.27. The number of likely N-dealkylation sites (N-methyl/N-ethyl adjacent to an activating group) is 1. The van der Waals surface area contributed by atoms with E-state index in [1.807, 2.05) is 32.0 Å². The minimum absolute atomic E-state index is 0.0618. The van der Waals surface area contributed by atoms with Crippen LogP contribution >= 0.6 is 0 Å². The predicted molar refractivity (Wildman–Crippen MR) is 126 cm³/mol. The summed E-state index contributed by atoms with van der Waals surface area (Å²) in [6, 6.07) is 11.7. The Hall–Kier alpha value is -3.33. The summed E-state index contributed by atoms with van der Waals surface area (Å²) in [4.78, 5) is 26.6. The molecule has 2 aromatic rings. The van der Waals surface area contributed by atoms with Gasteiger partial charge in [-0.15, -0.1) is 0 Å². The average Bonchev–Trinajstić information content (AvgIpc) is 3.53. The van der Waals surface area contributed by atoms with Crippen LogP contribution in [-0.2, 0) is 17.9 Å². The predicted octanol–water partition coefficient (Wildman–Crippen LogP) is 4.22. The van der Waals surface area contributed by atoms with Gasteiger partial charge in [0.05, 0.1) is 0 Å². The van der Waals surface area contributed by atoms with Crippen LogP contribution in [0.15, 0.2) is 35.9 Å². The van der Waals surface area contributed by atoms with E-state index in [0.717, 1.165) is 41.9 Å². The van der Waals surface area contributed by atoms with E-state index in [9.17, 15) is 14.9 Å². The van der Waals surface area contributed by atoms with E-state index in [-0.39, 0.29) is 17.4 Å². The zero-order chi connectivity index (χ0) is 23.4. The van der Waals surface area contributed by atoms with Gasteiger partial charge in [-0.25, -0.2) is 0 Å². The summed E-state index contributed by atoms with van der Waals surface area (Å²) >= 11 is 0. The van der Waals surface area contributed by atoms with Crippen LogP contribution in [0, 0.1) is 31.1 Å². The van der Waals surface area contributed by atoms with E-state index in [0.29, 0.717) is 24.1 Å². The third-order valence-corrected chi connectivity index (χ3v) is 5.71. The zero-order valence-electron chi connectivity index (χ0n) is 19.6. The maximum Gasteiger partial charge on any atom is 0.264 e. The Kier molecular flexibility index (Phi) is 7.19. The maximum absolute atomic E-state index is 12.9. The first-order valence-corrected chi connectivity index (χ1v) is 11.1. The maximum atomic E-state index is 12.9. The second-order valence-electron chi connectivity index (χ2n) is 9.11. The number of nitriles is 1. The van der Waals surface area contributed by atoms with Crippen LogP contribution in [0.3, 0.4) is 0 Å². The van der Waals surface area contributed by atoms with Crippen molar-refractivity contribution in [1.82, 2.24) is 14.8 Å². The van der Waals surface area contributed by atoms with Crippen LogP contribution in [0.5, 0.6) is 0 Å². The molecule has 1 aliphatic rings.